The second-order valence-corrected chi connectivity index (χ2v) is 15.8. The summed E-state index contributed by atoms with van der Waals surface area (Å²) >= 11 is 0. The molecule has 48 heavy (non-hydrogen) atoms. The van der Waals surface area contributed by atoms with Crippen LogP contribution in [0.5, 0.6) is 11.5 Å². The first-order chi connectivity index (χ1) is 23.1. The molecule has 1 aromatic carbocycles. The number of amides is 1. The number of carbonyl (C=O) groups excluding carboxylic acids is 1. The Morgan fingerprint density at radius 1 is 1.02 bits per heavy atom. The lowest BCUT2D eigenvalue weighted by Crippen LogP contribution is -2.61. The summed E-state index contributed by atoms with van der Waals surface area (Å²) in [5.41, 5.74) is 0.339. The molecule has 1 saturated carbocycles. The van der Waals surface area contributed by atoms with Gasteiger partial charge in [0.2, 0.25) is 0 Å². The first kappa shape index (κ1) is 33.5. The number of ether oxygens (including phenoxy) is 3. The smallest absolute Gasteiger partial charge is 0.277 e. The molecule has 7 rings (SSSR count). The Morgan fingerprint density at radius 2 is 1.73 bits per heavy atom. The summed E-state index contributed by atoms with van der Waals surface area (Å²) in [5.74, 6) is 0.526. The largest absolute Gasteiger partial charge is 0.451 e. The van der Waals surface area contributed by atoms with E-state index in [4.69, 9.17) is 14.2 Å². The van der Waals surface area contributed by atoms with Crippen molar-refractivity contribution < 1.29 is 31.8 Å². The van der Waals surface area contributed by atoms with Gasteiger partial charge in [-0.1, -0.05) is 0 Å². The number of halogens is 1. The summed E-state index contributed by atoms with van der Waals surface area (Å²) in [6.45, 7) is 9.55. The normalized spacial score (nSPS) is 27.9. The van der Waals surface area contributed by atoms with Crippen LogP contribution in [-0.2, 0) is 19.7 Å². The number of carbonyl (C=O) groups is 1. The highest BCUT2D eigenvalue weighted by molar-refractivity contribution is 7.87. The van der Waals surface area contributed by atoms with Gasteiger partial charge in [0, 0.05) is 37.1 Å². The molecule has 262 valence electrons. The SMILES string of the molecule is C[C@@H]1COC[C@H](C)N1C(=O)c1cc(F)ccc1Oc1cncnc1N1CC2(CCN(C[C@@H]3CC[C@@H](NS(=O)(=O)NC4CC4)CO3)CC2)C1. The van der Waals surface area contributed by atoms with Crippen LogP contribution in [0.15, 0.2) is 30.7 Å². The molecule has 4 aliphatic heterocycles. The number of nitrogens with one attached hydrogen (secondary N) is 2. The van der Waals surface area contributed by atoms with Crippen molar-refractivity contribution in [2.75, 3.05) is 57.4 Å². The van der Waals surface area contributed by atoms with E-state index in [1.807, 2.05) is 13.8 Å². The van der Waals surface area contributed by atoms with Crippen molar-refractivity contribution in [2.24, 2.45) is 5.41 Å². The molecule has 15 heteroatoms. The third-order valence-corrected chi connectivity index (χ3v) is 11.6. The molecule has 1 amide bonds. The topological polar surface area (TPSA) is 138 Å². The average molecular weight is 688 g/mol. The third-order valence-electron chi connectivity index (χ3n) is 10.3. The molecule has 1 spiro atoms. The van der Waals surface area contributed by atoms with Gasteiger partial charge in [-0.15, -0.1) is 0 Å². The van der Waals surface area contributed by atoms with Crippen LogP contribution in [0.2, 0.25) is 0 Å². The molecule has 5 heterocycles. The lowest BCUT2D eigenvalue weighted by Gasteiger charge is -2.54. The van der Waals surface area contributed by atoms with Gasteiger partial charge in [-0.25, -0.2) is 14.4 Å². The Labute approximate surface area is 281 Å². The molecular formula is C33H46FN7O6S. The minimum absolute atomic E-state index is 0.0850. The van der Waals surface area contributed by atoms with Crippen LogP contribution in [0.4, 0.5) is 10.2 Å². The summed E-state index contributed by atoms with van der Waals surface area (Å²) < 4.78 is 62.3. The van der Waals surface area contributed by atoms with E-state index in [0.29, 0.717) is 31.4 Å². The molecule has 5 fully saturated rings. The van der Waals surface area contributed by atoms with Crippen molar-refractivity contribution >= 4 is 21.9 Å². The molecule has 4 atom stereocenters. The molecule has 1 aromatic heterocycles. The van der Waals surface area contributed by atoms with E-state index in [1.165, 1.54) is 24.5 Å². The molecule has 0 unspecified atom stereocenters. The van der Waals surface area contributed by atoms with Gasteiger partial charge in [0.05, 0.1) is 49.8 Å². The van der Waals surface area contributed by atoms with Gasteiger partial charge in [-0.3, -0.25) is 4.79 Å². The number of rotatable bonds is 10. The van der Waals surface area contributed by atoms with E-state index in [2.05, 4.69) is 29.2 Å². The van der Waals surface area contributed by atoms with Gasteiger partial charge in [-0.2, -0.15) is 17.9 Å². The predicted octanol–water partition coefficient (Wildman–Crippen LogP) is 2.69. The van der Waals surface area contributed by atoms with Crippen LogP contribution in [-0.4, -0.2) is 117 Å². The fourth-order valence-electron chi connectivity index (χ4n) is 7.48. The molecule has 13 nitrogen and oxygen atoms in total. The number of anilines is 1. The Kier molecular flexibility index (Phi) is 9.61. The fourth-order valence-corrected chi connectivity index (χ4v) is 8.85. The van der Waals surface area contributed by atoms with Crippen LogP contribution < -0.4 is 19.1 Å². The minimum Gasteiger partial charge on any atom is -0.451 e. The maximum atomic E-state index is 14.4. The highest BCUT2D eigenvalue weighted by Crippen LogP contribution is 2.45. The van der Waals surface area contributed by atoms with E-state index >= 15 is 0 Å². The van der Waals surface area contributed by atoms with E-state index in [0.717, 1.165) is 71.2 Å². The number of morpholine rings is 1. The molecule has 0 radical (unpaired) electrons. The van der Waals surface area contributed by atoms with Crippen molar-refractivity contribution in [3.63, 3.8) is 0 Å². The maximum absolute atomic E-state index is 14.4. The van der Waals surface area contributed by atoms with Crippen LogP contribution in [0, 0.1) is 11.2 Å². The van der Waals surface area contributed by atoms with Crippen molar-refractivity contribution in [2.45, 2.75) is 82.6 Å². The van der Waals surface area contributed by atoms with Gasteiger partial charge in [0.15, 0.2) is 11.6 Å². The van der Waals surface area contributed by atoms with E-state index < -0.39 is 16.0 Å². The lowest BCUT2D eigenvalue weighted by molar-refractivity contribution is -0.0299. The number of piperidine rings is 1. The zero-order chi connectivity index (χ0) is 33.5. The highest BCUT2D eigenvalue weighted by atomic mass is 32.2. The summed E-state index contributed by atoms with van der Waals surface area (Å²) in [4.78, 5) is 28.8. The van der Waals surface area contributed by atoms with Crippen molar-refractivity contribution in [3.8, 4) is 11.5 Å². The van der Waals surface area contributed by atoms with Crippen LogP contribution in [0.1, 0.15) is 62.7 Å². The van der Waals surface area contributed by atoms with Crippen molar-refractivity contribution in [1.29, 1.82) is 0 Å². The first-order valence-electron chi connectivity index (χ1n) is 17.1. The Bertz CT molecular complexity index is 1560. The average Bonchev–Trinajstić information content (AvgIpc) is 3.85. The van der Waals surface area contributed by atoms with Crippen LogP contribution in [0.3, 0.4) is 0 Å². The maximum Gasteiger partial charge on any atom is 0.277 e. The molecule has 5 aliphatic rings. The molecular weight excluding hydrogens is 641 g/mol. The molecule has 2 N–H and O–H groups in total. The molecule has 1 aliphatic carbocycles. The number of aromatic nitrogens is 2. The first-order valence-corrected chi connectivity index (χ1v) is 18.6. The number of nitrogens with zero attached hydrogens (tertiary/aromatic N) is 5. The van der Waals surface area contributed by atoms with Gasteiger partial charge in [0.25, 0.3) is 16.1 Å². The zero-order valence-electron chi connectivity index (χ0n) is 27.6. The zero-order valence-corrected chi connectivity index (χ0v) is 28.5. The van der Waals surface area contributed by atoms with Gasteiger partial charge in [0.1, 0.15) is 17.9 Å². The number of likely N-dealkylation sites (tertiary alicyclic amines) is 1. The standard InChI is InChI=1S/C33H46FN7O6S/c1-22-16-45-17-23(2)41(22)32(42)28-13-24(34)3-8-29(28)47-30-14-35-21-36-31(30)40-19-33(20-40)9-11-39(12-10-33)15-27-7-6-26(18-46-27)38-48(43,44)37-25-4-5-25/h3,8,13-14,21-23,25-27,37-38H,4-7,9-12,15-20H2,1-2H3/t22-,23+,26-,27+/m1/s1. The van der Waals surface area contributed by atoms with E-state index in [-0.39, 0.29) is 52.9 Å². The summed E-state index contributed by atoms with van der Waals surface area (Å²) in [6, 6.07) is 3.60. The Morgan fingerprint density at radius 3 is 2.42 bits per heavy atom. The summed E-state index contributed by atoms with van der Waals surface area (Å²) in [5, 5.41) is 0. The summed E-state index contributed by atoms with van der Waals surface area (Å²) in [6.07, 6.45) is 8.72. The molecule has 0 bridgehead atoms. The quantitative estimate of drug-likeness (QED) is 0.384. The number of hydrogen-bond acceptors (Lipinski definition) is 10. The van der Waals surface area contributed by atoms with Crippen molar-refractivity contribution in [1.82, 2.24) is 29.2 Å². The van der Waals surface area contributed by atoms with E-state index in [1.54, 1.807) is 11.1 Å². The van der Waals surface area contributed by atoms with Gasteiger partial charge < -0.3 is 28.9 Å². The van der Waals surface area contributed by atoms with E-state index in [9.17, 15) is 17.6 Å². The van der Waals surface area contributed by atoms with Crippen molar-refractivity contribution in [3.05, 3.63) is 42.1 Å². The Balaban J connectivity index is 0.920. The molecule has 2 aromatic rings. The number of benzene rings is 1. The Hall–Kier alpha value is -2.95. The predicted molar refractivity (Wildman–Crippen MR) is 176 cm³/mol. The monoisotopic (exact) mass is 687 g/mol. The lowest BCUT2D eigenvalue weighted by atomic mass is 9.72. The summed E-state index contributed by atoms with van der Waals surface area (Å²) in [7, 11) is -3.47. The minimum atomic E-state index is -3.47. The highest BCUT2D eigenvalue weighted by Gasteiger charge is 2.46. The third kappa shape index (κ3) is 7.60. The fraction of sp³-hybridized carbons (Fsp3) is 0.667. The van der Waals surface area contributed by atoms with Crippen LogP contribution >= 0.6 is 0 Å². The second kappa shape index (κ2) is 13.8. The number of hydrogen-bond donors (Lipinski definition) is 2. The van der Waals surface area contributed by atoms with Crippen LogP contribution in [0.25, 0.3) is 0 Å². The van der Waals surface area contributed by atoms with Gasteiger partial charge >= 0.3 is 0 Å². The molecule has 4 saturated heterocycles. The van der Waals surface area contributed by atoms with Gasteiger partial charge in [-0.05, 0) is 83.7 Å². The second-order valence-electron chi connectivity index (χ2n) is 14.3.